The zero-order chi connectivity index (χ0) is 30.7. The SMILES string of the molecule is CC(C)(C)OC(=O)c1cc2ccc(NC(=O)c3ccc([N+](=O)[O-])cc3N(C=O)C3CCN(c4ccncc4)CC3)cc2[nH]1. The Morgan fingerprint density at radius 3 is 2.47 bits per heavy atom. The number of aromatic amines is 1. The van der Waals surface area contributed by atoms with Gasteiger partial charge in [0.25, 0.3) is 11.6 Å². The van der Waals surface area contributed by atoms with Gasteiger partial charge >= 0.3 is 5.97 Å². The third kappa shape index (κ3) is 6.64. The molecule has 5 rings (SSSR count). The first-order valence-electron chi connectivity index (χ1n) is 13.9. The fourth-order valence-electron chi connectivity index (χ4n) is 5.18. The third-order valence-electron chi connectivity index (χ3n) is 7.21. The van der Waals surface area contributed by atoms with Gasteiger partial charge in [0, 0.05) is 65.9 Å². The summed E-state index contributed by atoms with van der Waals surface area (Å²) in [5, 5.41) is 15.2. The molecule has 3 heterocycles. The number of rotatable bonds is 8. The fraction of sp³-hybridized carbons (Fsp3) is 0.290. The van der Waals surface area contributed by atoms with Gasteiger partial charge in [-0.3, -0.25) is 24.7 Å². The van der Waals surface area contributed by atoms with Crippen LogP contribution in [-0.2, 0) is 9.53 Å². The second kappa shape index (κ2) is 11.9. The number of amides is 2. The molecule has 1 aliphatic rings. The number of hydrogen-bond acceptors (Lipinski definition) is 8. The van der Waals surface area contributed by atoms with E-state index in [9.17, 15) is 24.5 Å². The Balaban J connectivity index is 1.38. The van der Waals surface area contributed by atoms with Crippen molar-refractivity contribution < 1.29 is 24.0 Å². The number of anilines is 3. The molecule has 0 bridgehead atoms. The van der Waals surface area contributed by atoms with Crippen LogP contribution in [0.25, 0.3) is 10.9 Å². The summed E-state index contributed by atoms with van der Waals surface area (Å²) in [7, 11) is 0. The lowest BCUT2D eigenvalue weighted by Crippen LogP contribution is -2.45. The summed E-state index contributed by atoms with van der Waals surface area (Å²) < 4.78 is 5.43. The minimum absolute atomic E-state index is 0.121. The molecule has 222 valence electrons. The van der Waals surface area contributed by atoms with Crippen molar-refractivity contribution >= 4 is 51.9 Å². The number of aromatic nitrogens is 2. The predicted octanol–water partition coefficient (Wildman–Crippen LogP) is 5.31. The van der Waals surface area contributed by atoms with Gasteiger partial charge in [0.1, 0.15) is 11.3 Å². The number of fused-ring (bicyclic) bond motifs is 1. The molecule has 0 atom stereocenters. The molecule has 0 saturated carbocycles. The van der Waals surface area contributed by atoms with Crippen molar-refractivity contribution in [2.45, 2.75) is 45.3 Å². The molecule has 1 fully saturated rings. The number of esters is 1. The molecule has 2 N–H and O–H groups in total. The Morgan fingerprint density at radius 2 is 1.81 bits per heavy atom. The lowest BCUT2D eigenvalue weighted by Gasteiger charge is -2.38. The van der Waals surface area contributed by atoms with Crippen LogP contribution in [0.15, 0.2) is 67.0 Å². The van der Waals surface area contributed by atoms with E-state index in [1.165, 1.54) is 23.1 Å². The van der Waals surface area contributed by atoms with Gasteiger partial charge in [0.2, 0.25) is 6.41 Å². The highest BCUT2D eigenvalue weighted by Crippen LogP contribution is 2.32. The molecular formula is C31H32N6O6. The number of non-ortho nitro benzene ring substituents is 1. The number of nitro groups is 1. The van der Waals surface area contributed by atoms with Crippen molar-refractivity contribution in [1.82, 2.24) is 9.97 Å². The van der Waals surface area contributed by atoms with Gasteiger partial charge in [-0.2, -0.15) is 0 Å². The van der Waals surface area contributed by atoms with E-state index in [-0.39, 0.29) is 28.7 Å². The molecular weight excluding hydrogens is 552 g/mol. The number of hydrogen-bond donors (Lipinski definition) is 2. The van der Waals surface area contributed by atoms with Gasteiger partial charge < -0.3 is 24.8 Å². The van der Waals surface area contributed by atoms with E-state index in [4.69, 9.17) is 4.74 Å². The van der Waals surface area contributed by atoms with Crippen LogP contribution >= 0.6 is 0 Å². The van der Waals surface area contributed by atoms with Crippen LogP contribution in [0.2, 0.25) is 0 Å². The van der Waals surface area contributed by atoms with Gasteiger partial charge in [-0.25, -0.2) is 4.79 Å². The molecule has 0 radical (unpaired) electrons. The van der Waals surface area contributed by atoms with Crippen molar-refractivity contribution in [3.8, 4) is 0 Å². The predicted molar refractivity (Wildman–Crippen MR) is 163 cm³/mol. The first-order valence-corrected chi connectivity index (χ1v) is 13.9. The molecule has 0 spiro atoms. The number of benzene rings is 2. The molecule has 2 aromatic heterocycles. The molecule has 2 amide bonds. The molecule has 12 nitrogen and oxygen atoms in total. The number of H-pyrrole nitrogens is 1. The quantitative estimate of drug-likeness (QED) is 0.122. The minimum Gasteiger partial charge on any atom is -0.455 e. The van der Waals surface area contributed by atoms with Crippen molar-refractivity contribution in [2.75, 3.05) is 28.2 Å². The summed E-state index contributed by atoms with van der Waals surface area (Å²) >= 11 is 0. The van der Waals surface area contributed by atoms with Gasteiger partial charge in [0.15, 0.2) is 0 Å². The standard InChI is InChI=1S/C31H32N6O6/c1-31(2,3)43-30(40)27-16-20-4-5-21(17-26(20)34-27)33-29(39)25-7-6-24(37(41)42)18-28(25)36(19-38)23-10-14-35(15-11-23)22-8-12-32-13-9-22/h4-9,12-13,16-19,23,34H,10-11,14-15H2,1-3H3,(H,33,39). The van der Waals surface area contributed by atoms with Gasteiger partial charge in [-0.1, -0.05) is 6.07 Å². The summed E-state index contributed by atoms with van der Waals surface area (Å²) in [6.07, 6.45) is 5.29. The maximum Gasteiger partial charge on any atom is 0.355 e. The summed E-state index contributed by atoms with van der Waals surface area (Å²) in [6.45, 7) is 6.68. The van der Waals surface area contributed by atoms with E-state index in [1.54, 1.807) is 57.4 Å². The number of nitrogens with zero attached hydrogens (tertiary/aromatic N) is 4. The molecule has 1 aliphatic heterocycles. The molecule has 43 heavy (non-hydrogen) atoms. The van der Waals surface area contributed by atoms with Crippen LogP contribution in [0, 0.1) is 10.1 Å². The molecule has 12 heteroatoms. The maximum atomic E-state index is 13.5. The van der Waals surface area contributed by atoms with Gasteiger partial charge in [-0.15, -0.1) is 0 Å². The van der Waals surface area contributed by atoms with Crippen LogP contribution in [0.5, 0.6) is 0 Å². The minimum atomic E-state index is -0.651. The largest absolute Gasteiger partial charge is 0.455 e. The summed E-state index contributed by atoms with van der Waals surface area (Å²) in [4.78, 5) is 60.2. The van der Waals surface area contributed by atoms with E-state index in [0.717, 1.165) is 11.1 Å². The number of pyridine rings is 1. The van der Waals surface area contributed by atoms with Gasteiger partial charge in [-0.05, 0) is 70.0 Å². The van der Waals surface area contributed by atoms with Crippen molar-refractivity contribution in [3.05, 3.63) is 88.4 Å². The first-order chi connectivity index (χ1) is 20.5. The average Bonchev–Trinajstić information content (AvgIpc) is 3.41. The highest BCUT2D eigenvalue weighted by molar-refractivity contribution is 6.10. The Bertz CT molecular complexity index is 1670. The second-order valence-corrected chi connectivity index (χ2v) is 11.3. The van der Waals surface area contributed by atoms with Crippen LogP contribution in [0.1, 0.15) is 54.5 Å². The highest BCUT2D eigenvalue weighted by Gasteiger charge is 2.29. The lowest BCUT2D eigenvalue weighted by atomic mass is 10.0. The topological polar surface area (TPSA) is 151 Å². The first kappa shape index (κ1) is 29.2. The smallest absolute Gasteiger partial charge is 0.355 e. The molecule has 4 aromatic rings. The zero-order valence-electron chi connectivity index (χ0n) is 24.1. The highest BCUT2D eigenvalue weighted by atomic mass is 16.6. The van der Waals surface area contributed by atoms with Crippen LogP contribution in [0.3, 0.4) is 0 Å². The number of carbonyl (C=O) groups is 3. The molecule has 0 unspecified atom stereocenters. The Kier molecular flexibility index (Phi) is 8.11. The normalized spacial score (nSPS) is 13.9. The number of ether oxygens (including phenoxy) is 1. The van der Waals surface area contributed by atoms with Crippen LogP contribution in [0.4, 0.5) is 22.7 Å². The molecule has 0 aliphatic carbocycles. The van der Waals surface area contributed by atoms with E-state index < -0.39 is 22.4 Å². The number of piperidine rings is 1. The fourth-order valence-corrected chi connectivity index (χ4v) is 5.18. The lowest BCUT2D eigenvalue weighted by molar-refractivity contribution is -0.384. The summed E-state index contributed by atoms with van der Waals surface area (Å²) in [5.41, 5.74) is 1.76. The second-order valence-electron chi connectivity index (χ2n) is 11.3. The van der Waals surface area contributed by atoms with E-state index >= 15 is 0 Å². The number of carbonyl (C=O) groups excluding carboxylic acids is 3. The summed E-state index contributed by atoms with van der Waals surface area (Å²) in [5.74, 6) is -1.03. The number of nitrogens with one attached hydrogen (secondary N) is 2. The monoisotopic (exact) mass is 584 g/mol. The third-order valence-corrected chi connectivity index (χ3v) is 7.21. The average molecular weight is 585 g/mol. The molecule has 2 aromatic carbocycles. The van der Waals surface area contributed by atoms with Gasteiger partial charge in [0.05, 0.1) is 16.2 Å². The number of nitro benzene ring substituents is 1. The van der Waals surface area contributed by atoms with Crippen LogP contribution < -0.4 is 15.1 Å². The van der Waals surface area contributed by atoms with E-state index in [0.29, 0.717) is 43.5 Å². The maximum absolute atomic E-state index is 13.5. The zero-order valence-corrected chi connectivity index (χ0v) is 24.1. The Hall–Kier alpha value is -5.26. The molecule has 1 saturated heterocycles. The van der Waals surface area contributed by atoms with Crippen molar-refractivity contribution in [3.63, 3.8) is 0 Å². The van der Waals surface area contributed by atoms with E-state index in [1.807, 2.05) is 12.1 Å². The van der Waals surface area contributed by atoms with E-state index in [2.05, 4.69) is 20.2 Å². The van der Waals surface area contributed by atoms with Crippen LogP contribution in [-0.4, -0.2) is 57.9 Å². The Morgan fingerprint density at radius 1 is 1.09 bits per heavy atom. The van der Waals surface area contributed by atoms with Crippen molar-refractivity contribution in [1.29, 1.82) is 0 Å². The van der Waals surface area contributed by atoms with Crippen molar-refractivity contribution in [2.24, 2.45) is 0 Å². The summed E-state index contributed by atoms with van der Waals surface area (Å²) in [6, 6.07) is 14.2. The Labute approximate surface area is 247 Å².